The molecule has 158 valence electrons. The molecule has 0 aromatic heterocycles. The van der Waals surface area contributed by atoms with E-state index in [0.29, 0.717) is 0 Å². The van der Waals surface area contributed by atoms with Crippen molar-refractivity contribution < 1.29 is 27.9 Å². The molecule has 4 rings (SSSR count). The molecule has 1 aliphatic rings. The zero-order chi connectivity index (χ0) is 22.1. The fourth-order valence-corrected chi connectivity index (χ4v) is 4.37. The van der Waals surface area contributed by atoms with E-state index in [1.807, 2.05) is 0 Å². The number of amides is 2. The summed E-state index contributed by atoms with van der Waals surface area (Å²) in [6, 6.07) is 12.7. The van der Waals surface area contributed by atoms with Crippen molar-refractivity contribution in [3.63, 3.8) is 0 Å². The molecule has 0 aliphatic carbocycles. The van der Waals surface area contributed by atoms with Crippen LogP contribution in [0.2, 0.25) is 0 Å². The van der Waals surface area contributed by atoms with Crippen molar-refractivity contribution in [1.29, 1.82) is 0 Å². The summed E-state index contributed by atoms with van der Waals surface area (Å²) in [5.74, 6) is -3.72. The highest BCUT2D eigenvalue weighted by molar-refractivity contribution is 8.00. The average molecular weight is 444 g/mol. The fourth-order valence-electron chi connectivity index (χ4n) is 3.24. The largest absolute Gasteiger partial charge is 0.507 e. The van der Waals surface area contributed by atoms with Crippen molar-refractivity contribution in [3.8, 4) is 16.9 Å². The third-order valence-corrected chi connectivity index (χ3v) is 5.89. The zero-order valence-corrected chi connectivity index (χ0v) is 16.6. The third kappa shape index (κ3) is 4.22. The lowest BCUT2D eigenvalue weighted by molar-refractivity contribution is -0.130. The van der Waals surface area contributed by atoms with Crippen LogP contribution in [0.15, 0.2) is 60.7 Å². The van der Waals surface area contributed by atoms with E-state index < -0.39 is 34.6 Å². The normalized spacial score (nSPS) is 15.9. The molecule has 1 unspecified atom stereocenters. The number of phenolic OH excluding ortho intramolecular Hbond substituents is 1. The van der Waals surface area contributed by atoms with Gasteiger partial charge in [-0.1, -0.05) is 24.3 Å². The molecule has 1 heterocycles. The average Bonchev–Trinajstić information content (AvgIpc) is 3.08. The van der Waals surface area contributed by atoms with E-state index >= 15 is 0 Å². The Morgan fingerprint density at radius 3 is 2.42 bits per heavy atom. The zero-order valence-electron chi connectivity index (χ0n) is 15.8. The van der Waals surface area contributed by atoms with Gasteiger partial charge in [-0.05, 0) is 41.5 Å². The van der Waals surface area contributed by atoms with Crippen molar-refractivity contribution in [2.75, 3.05) is 5.75 Å². The minimum Gasteiger partial charge on any atom is -0.507 e. The SMILES string of the molecule is O=C(NN1C(=O)CSC1c1ccccc1F)c1cc(-c2cc(F)cc(F)c2)ccc1O. The number of hydrogen-bond donors (Lipinski definition) is 2. The molecule has 1 saturated heterocycles. The number of nitrogens with one attached hydrogen (secondary N) is 1. The van der Waals surface area contributed by atoms with Crippen molar-refractivity contribution >= 4 is 23.6 Å². The molecule has 0 saturated carbocycles. The minimum atomic E-state index is -0.826. The van der Waals surface area contributed by atoms with Gasteiger partial charge < -0.3 is 5.11 Å². The topological polar surface area (TPSA) is 69.6 Å². The van der Waals surface area contributed by atoms with Gasteiger partial charge in [0, 0.05) is 11.6 Å². The van der Waals surface area contributed by atoms with Gasteiger partial charge in [0.1, 0.15) is 28.6 Å². The summed E-state index contributed by atoms with van der Waals surface area (Å²) in [5, 5.41) is 10.4. The quantitative estimate of drug-likeness (QED) is 0.626. The summed E-state index contributed by atoms with van der Waals surface area (Å²) in [6.07, 6.45) is 0. The summed E-state index contributed by atoms with van der Waals surface area (Å²) >= 11 is 1.15. The molecule has 31 heavy (non-hydrogen) atoms. The summed E-state index contributed by atoms with van der Waals surface area (Å²) in [4.78, 5) is 25.1. The first-order valence-electron chi connectivity index (χ1n) is 9.12. The van der Waals surface area contributed by atoms with Crippen LogP contribution in [0, 0.1) is 17.5 Å². The second kappa shape index (κ2) is 8.35. The Labute approximate surface area is 179 Å². The second-order valence-corrected chi connectivity index (χ2v) is 7.85. The molecule has 3 aromatic rings. The van der Waals surface area contributed by atoms with Gasteiger partial charge in [0.25, 0.3) is 11.8 Å². The van der Waals surface area contributed by atoms with Crippen molar-refractivity contribution in [1.82, 2.24) is 10.4 Å². The molecule has 0 radical (unpaired) electrons. The van der Waals surface area contributed by atoms with Gasteiger partial charge in [-0.3, -0.25) is 15.0 Å². The monoisotopic (exact) mass is 444 g/mol. The minimum absolute atomic E-state index is 0.0356. The Hall–Kier alpha value is -3.46. The number of nitrogens with zero attached hydrogens (tertiary/aromatic N) is 1. The van der Waals surface area contributed by atoms with Gasteiger partial charge in [0.15, 0.2) is 0 Å². The standard InChI is InChI=1S/C22H15F3N2O3S/c23-14-7-13(8-15(24)10-14)12-5-6-19(28)17(9-12)21(30)26-27-20(29)11-31-22(27)16-3-1-2-4-18(16)25/h1-10,22,28H,11H2,(H,26,30). The van der Waals surface area contributed by atoms with Gasteiger partial charge in [-0.25, -0.2) is 18.2 Å². The predicted molar refractivity (Wildman–Crippen MR) is 109 cm³/mol. The maximum Gasteiger partial charge on any atom is 0.273 e. The van der Waals surface area contributed by atoms with Crippen LogP contribution in [0.1, 0.15) is 21.3 Å². The van der Waals surface area contributed by atoms with Crippen LogP contribution in [0.3, 0.4) is 0 Å². The van der Waals surface area contributed by atoms with Gasteiger partial charge in [0.2, 0.25) is 0 Å². The van der Waals surface area contributed by atoms with Gasteiger partial charge in [0.05, 0.1) is 11.3 Å². The van der Waals surface area contributed by atoms with Crippen LogP contribution < -0.4 is 5.43 Å². The van der Waals surface area contributed by atoms with E-state index in [2.05, 4.69) is 5.43 Å². The summed E-state index contributed by atoms with van der Waals surface area (Å²) in [5.41, 5.74) is 2.89. The Morgan fingerprint density at radius 1 is 1.00 bits per heavy atom. The first-order valence-corrected chi connectivity index (χ1v) is 10.2. The number of halogens is 3. The van der Waals surface area contributed by atoms with E-state index in [-0.39, 0.29) is 33.8 Å². The Bertz CT molecular complexity index is 1170. The van der Waals surface area contributed by atoms with Crippen molar-refractivity contribution in [3.05, 3.63) is 89.2 Å². The summed E-state index contributed by atoms with van der Waals surface area (Å²) < 4.78 is 41.3. The van der Waals surface area contributed by atoms with Crippen LogP contribution in [0.25, 0.3) is 11.1 Å². The van der Waals surface area contributed by atoms with E-state index in [9.17, 15) is 27.9 Å². The van der Waals surface area contributed by atoms with Crippen LogP contribution in [0.5, 0.6) is 5.75 Å². The Morgan fingerprint density at radius 2 is 1.71 bits per heavy atom. The first kappa shape index (κ1) is 20.8. The van der Waals surface area contributed by atoms with Crippen LogP contribution in [-0.2, 0) is 4.79 Å². The van der Waals surface area contributed by atoms with Crippen LogP contribution in [0.4, 0.5) is 13.2 Å². The van der Waals surface area contributed by atoms with Gasteiger partial charge >= 0.3 is 0 Å². The molecule has 5 nitrogen and oxygen atoms in total. The molecule has 0 spiro atoms. The number of hydrogen-bond acceptors (Lipinski definition) is 4. The smallest absolute Gasteiger partial charge is 0.273 e. The fraction of sp³-hybridized carbons (Fsp3) is 0.0909. The number of aromatic hydroxyl groups is 1. The molecule has 2 N–H and O–H groups in total. The highest BCUT2D eigenvalue weighted by atomic mass is 32.2. The van der Waals surface area contributed by atoms with Crippen molar-refractivity contribution in [2.24, 2.45) is 0 Å². The van der Waals surface area contributed by atoms with E-state index in [1.165, 1.54) is 36.4 Å². The van der Waals surface area contributed by atoms with E-state index in [1.54, 1.807) is 6.07 Å². The molecule has 3 aromatic carbocycles. The molecular weight excluding hydrogens is 429 g/mol. The highest BCUT2D eigenvalue weighted by Crippen LogP contribution is 2.38. The third-order valence-electron chi connectivity index (χ3n) is 4.70. The number of thioether (sulfide) groups is 1. The Balaban J connectivity index is 1.63. The Kier molecular flexibility index (Phi) is 5.60. The molecule has 1 atom stereocenters. The van der Waals surface area contributed by atoms with E-state index in [0.717, 1.165) is 35.0 Å². The van der Waals surface area contributed by atoms with Gasteiger partial charge in [-0.15, -0.1) is 11.8 Å². The van der Waals surface area contributed by atoms with Crippen LogP contribution >= 0.6 is 11.8 Å². The molecule has 1 aliphatic heterocycles. The van der Waals surface area contributed by atoms with Crippen LogP contribution in [-0.4, -0.2) is 27.7 Å². The van der Waals surface area contributed by atoms with Crippen molar-refractivity contribution in [2.45, 2.75) is 5.37 Å². The number of carbonyl (C=O) groups is 2. The second-order valence-electron chi connectivity index (χ2n) is 6.78. The lowest BCUT2D eigenvalue weighted by Gasteiger charge is -2.25. The maximum absolute atomic E-state index is 14.2. The number of benzene rings is 3. The molecule has 9 heteroatoms. The molecule has 0 bridgehead atoms. The summed E-state index contributed by atoms with van der Waals surface area (Å²) in [6.45, 7) is 0. The predicted octanol–water partition coefficient (Wildman–Crippen LogP) is 4.40. The number of hydrazine groups is 1. The maximum atomic E-state index is 14.2. The molecular formula is C22H15F3N2O3S. The number of phenols is 1. The summed E-state index contributed by atoms with van der Waals surface area (Å²) in [7, 11) is 0. The number of rotatable bonds is 4. The highest BCUT2D eigenvalue weighted by Gasteiger charge is 2.36. The first-order chi connectivity index (χ1) is 14.8. The number of carbonyl (C=O) groups excluding carboxylic acids is 2. The van der Waals surface area contributed by atoms with Gasteiger partial charge in [-0.2, -0.15) is 0 Å². The lowest BCUT2D eigenvalue weighted by atomic mass is 10.0. The molecule has 2 amide bonds. The lowest BCUT2D eigenvalue weighted by Crippen LogP contribution is -2.44. The molecule has 1 fully saturated rings. The van der Waals surface area contributed by atoms with E-state index in [4.69, 9.17) is 0 Å².